The summed E-state index contributed by atoms with van der Waals surface area (Å²) in [6.07, 6.45) is 7.87. The van der Waals surface area contributed by atoms with Crippen LogP contribution < -0.4 is 17.3 Å². The van der Waals surface area contributed by atoms with E-state index < -0.39 is 0 Å². The number of nitrogens with one attached hydrogen (secondary N) is 1. The van der Waals surface area contributed by atoms with E-state index >= 15 is 0 Å². The van der Waals surface area contributed by atoms with Crippen LogP contribution in [0.25, 0.3) is 0 Å². The average Bonchev–Trinajstić information content (AvgIpc) is 2.56. The molecular formula is C11H13ClIN3O. The van der Waals surface area contributed by atoms with Crippen molar-refractivity contribution in [3.63, 3.8) is 0 Å². The molecule has 2 N–H and O–H groups in total. The van der Waals surface area contributed by atoms with Crippen LogP contribution in [-0.4, -0.2) is 21.8 Å². The highest BCUT2D eigenvalue weighted by molar-refractivity contribution is 14.1. The number of fused-ring (bicyclic) bond motifs is 1. The van der Waals surface area contributed by atoms with Crippen molar-refractivity contribution >= 4 is 32.6 Å². The van der Waals surface area contributed by atoms with Gasteiger partial charge >= 0.3 is 0 Å². The number of aliphatic imine (C=N–C) groups is 2. The highest BCUT2D eigenvalue weighted by Gasteiger charge is 2.39. The van der Waals surface area contributed by atoms with E-state index in [1.807, 2.05) is 18.6 Å². The van der Waals surface area contributed by atoms with E-state index in [-0.39, 0.29) is 12.4 Å². The summed E-state index contributed by atoms with van der Waals surface area (Å²) in [5, 5.41) is 9.03. The first-order valence-electron chi connectivity index (χ1n) is 5.46. The van der Waals surface area contributed by atoms with Crippen molar-refractivity contribution in [1.82, 2.24) is 0 Å². The third kappa shape index (κ3) is 2.21. The quantitative estimate of drug-likeness (QED) is 0.411. The predicted octanol–water partition coefficient (Wildman–Crippen LogP) is -2.53. The van der Waals surface area contributed by atoms with Crippen molar-refractivity contribution in [2.24, 2.45) is 21.8 Å². The fraction of sp³-hybridized carbons (Fsp3) is 0.455. The molecule has 0 radical (unpaired) electrons. The summed E-state index contributed by atoms with van der Waals surface area (Å²) in [5.74, 6) is 0.999. The highest BCUT2D eigenvalue weighted by atomic mass is 127. The number of quaternary nitrogens is 1. The van der Waals surface area contributed by atoms with Crippen LogP contribution in [0.15, 0.2) is 33.8 Å². The lowest BCUT2D eigenvalue weighted by atomic mass is 9.73. The van der Waals surface area contributed by atoms with E-state index in [9.17, 15) is 0 Å². The van der Waals surface area contributed by atoms with Gasteiger partial charge in [-0.15, -0.1) is 0 Å². The van der Waals surface area contributed by atoms with Crippen LogP contribution in [0.3, 0.4) is 0 Å². The van der Waals surface area contributed by atoms with Crippen molar-refractivity contribution in [3.8, 4) is 0 Å². The van der Waals surface area contributed by atoms with Crippen molar-refractivity contribution < 1.29 is 22.4 Å². The van der Waals surface area contributed by atoms with Gasteiger partial charge in [-0.25, -0.2) is 4.90 Å². The fourth-order valence-electron chi connectivity index (χ4n) is 2.42. The molecule has 17 heavy (non-hydrogen) atoms. The molecule has 0 amide bonds. The second-order valence-corrected chi connectivity index (χ2v) is 5.45. The van der Waals surface area contributed by atoms with Gasteiger partial charge in [0.2, 0.25) is 0 Å². The van der Waals surface area contributed by atoms with Gasteiger partial charge in [-0.2, -0.15) is 4.99 Å². The van der Waals surface area contributed by atoms with E-state index in [0.29, 0.717) is 18.4 Å². The molecule has 92 valence electrons. The fourth-order valence-corrected chi connectivity index (χ4v) is 3.15. The predicted molar refractivity (Wildman–Crippen MR) is 70.4 cm³/mol. The first kappa shape index (κ1) is 13.2. The number of halogens is 2. The Bertz CT molecular complexity index is 438. The molecule has 2 heterocycles. The van der Waals surface area contributed by atoms with Gasteiger partial charge < -0.3 is 17.5 Å². The Morgan fingerprint density at radius 3 is 2.94 bits per heavy atom. The largest absolute Gasteiger partial charge is 1.00 e. The van der Waals surface area contributed by atoms with Crippen molar-refractivity contribution in [1.29, 1.82) is 0 Å². The van der Waals surface area contributed by atoms with Gasteiger partial charge in [0.15, 0.2) is 5.70 Å². The minimum absolute atomic E-state index is 0. The summed E-state index contributed by atoms with van der Waals surface area (Å²) in [7, 11) is 0. The van der Waals surface area contributed by atoms with Crippen molar-refractivity contribution in [2.45, 2.75) is 12.8 Å². The Balaban J connectivity index is 0.00000108. The number of rotatable bonds is 2. The lowest BCUT2D eigenvalue weighted by Crippen LogP contribution is -3.07. The van der Waals surface area contributed by atoms with Crippen LogP contribution in [0.1, 0.15) is 12.8 Å². The average molecular weight is 366 g/mol. The maximum atomic E-state index is 9.03. The van der Waals surface area contributed by atoms with Gasteiger partial charge in [-0.3, -0.25) is 4.99 Å². The van der Waals surface area contributed by atoms with Gasteiger partial charge in [0.1, 0.15) is 11.9 Å². The molecule has 0 aromatic carbocycles. The standard InChI is InChI=1S/C11H12IN3O.ClH/c12-11-14-10(8-3-7(4-8)6-16)9-5-13-1-2-15(9)11;/h1-2,5,7-8,16H,3-4,6H2;1H. The number of hydrogen-bond donors (Lipinski definition) is 2. The zero-order chi connectivity index (χ0) is 11.1. The van der Waals surface area contributed by atoms with E-state index in [0.717, 1.165) is 16.7 Å². The Labute approximate surface area is 120 Å². The number of aliphatic hydroxyl groups excluding tert-OH is 1. The normalized spacial score (nSPS) is 34.0. The molecule has 4 nitrogen and oxygen atoms in total. The molecule has 1 unspecified atom stereocenters. The van der Waals surface area contributed by atoms with E-state index in [2.05, 4.69) is 32.6 Å². The van der Waals surface area contributed by atoms with Gasteiger partial charge in [0.25, 0.3) is 3.84 Å². The molecule has 0 spiro atoms. The van der Waals surface area contributed by atoms with E-state index in [1.165, 1.54) is 16.3 Å². The maximum Gasteiger partial charge on any atom is 0.272 e. The lowest BCUT2D eigenvalue weighted by Gasteiger charge is -2.33. The summed E-state index contributed by atoms with van der Waals surface area (Å²) in [6, 6.07) is 0. The highest BCUT2D eigenvalue weighted by Crippen LogP contribution is 2.40. The lowest BCUT2D eigenvalue weighted by molar-refractivity contribution is -0.684. The summed E-state index contributed by atoms with van der Waals surface area (Å²) in [4.78, 5) is 10.0. The Kier molecular flexibility index (Phi) is 4.02. The second-order valence-electron chi connectivity index (χ2n) is 4.43. The molecule has 1 fully saturated rings. The number of hydrogen-bond acceptors (Lipinski definition) is 3. The van der Waals surface area contributed by atoms with E-state index in [4.69, 9.17) is 5.11 Å². The maximum absolute atomic E-state index is 9.03. The molecule has 2 aliphatic heterocycles. The van der Waals surface area contributed by atoms with Gasteiger partial charge in [-0.05, 0) is 18.8 Å². The number of allylic oxidation sites excluding steroid dienone is 2. The molecule has 3 rings (SSSR count). The molecule has 6 heteroatoms. The minimum Gasteiger partial charge on any atom is -1.00 e. The Morgan fingerprint density at radius 1 is 1.47 bits per heavy atom. The van der Waals surface area contributed by atoms with Crippen LogP contribution in [0.2, 0.25) is 0 Å². The Hall–Kier alpha value is -0.240. The molecule has 1 aliphatic carbocycles. The third-order valence-corrected chi connectivity index (χ3v) is 4.24. The van der Waals surface area contributed by atoms with Gasteiger partial charge in [0.05, 0.1) is 35.0 Å². The molecule has 1 saturated carbocycles. The first-order chi connectivity index (χ1) is 7.79. The smallest absolute Gasteiger partial charge is 0.272 e. The monoisotopic (exact) mass is 365 g/mol. The minimum atomic E-state index is 0. The summed E-state index contributed by atoms with van der Waals surface area (Å²) in [6.45, 7) is 0.310. The van der Waals surface area contributed by atoms with Crippen LogP contribution in [0, 0.1) is 11.8 Å². The van der Waals surface area contributed by atoms with Crippen molar-refractivity contribution in [3.05, 3.63) is 23.8 Å². The SMILES string of the molecule is OCC1CC(C2=C3C=NC=C[NH+]3C(I)=N2)C1.[Cl-]. The molecule has 3 aliphatic rings. The summed E-state index contributed by atoms with van der Waals surface area (Å²) in [5.41, 5.74) is 2.37. The van der Waals surface area contributed by atoms with Crippen LogP contribution >= 0.6 is 22.6 Å². The number of aliphatic hydroxyl groups is 1. The van der Waals surface area contributed by atoms with Crippen molar-refractivity contribution in [2.75, 3.05) is 6.61 Å². The van der Waals surface area contributed by atoms with Gasteiger partial charge in [0, 0.05) is 12.5 Å². The van der Waals surface area contributed by atoms with Crippen LogP contribution in [0.5, 0.6) is 0 Å². The number of amidine groups is 1. The molecule has 0 bridgehead atoms. The topological polar surface area (TPSA) is 49.4 Å². The molecule has 0 saturated heterocycles. The Morgan fingerprint density at radius 2 is 2.24 bits per heavy atom. The summed E-state index contributed by atoms with van der Waals surface area (Å²) >= 11 is 2.28. The molecule has 0 aromatic heterocycles. The molecule has 1 atom stereocenters. The third-order valence-electron chi connectivity index (χ3n) is 3.42. The molecular weight excluding hydrogens is 352 g/mol. The zero-order valence-electron chi connectivity index (χ0n) is 9.11. The van der Waals surface area contributed by atoms with Crippen LogP contribution in [-0.2, 0) is 0 Å². The second kappa shape index (κ2) is 5.17. The van der Waals surface area contributed by atoms with Crippen LogP contribution in [0.4, 0.5) is 0 Å². The summed E-state index contributed by atoms with van der Waals surface area (Å²) < 4.78 is 1.07. The van der Waals surface area contributed by atoms with E-state index in [1.54, 1.807) is 0 Å². The first-order valence-corrected chi connectivity index (χ1v) is 6.54. The molecule has 0 aromatic rings. The number of nitrogens with zero attached hydrogens (tertiary/aromatic N) is 2. The zero-order valence-corrected chi connectivity index (χ0v) is 12.0. The van der Waals surface area contributed by atoms with Gasteiger partial charge in [-0.1, -0.05) is 0 Å².